The Bertz CT molecular complexity index is 1160. The van der Waals surface area contributed by atoms with E-state index in [-0.39, 0.29) is 23.1 Å². The van der Waals surface area contributed by atoms with Gasteiger partial charge >= 0.3 is 5.97 Å². The highest BCUT2D eigenvalue weighted by Gasteiger charge is 2.31. The molecule has 0 saturated heterocycles. The molecule has 0 atom stereocenters. The summed E-state index contributed by atoms with van der Waals surface area (Å²) in [7, 11) is 3.06. The van der Waals surface area contributed by atoms with E-state index in [9.17, 15) is 9.59 Å². The van der Waals surface area contributed by atoms with Crippen molar-refractivity contribution in [3.63, 3.8) is 0 Å². The summed E-state index contributed by atoms with van der Waals surface area (Å²) in [5, 5.41) is 0. The number of furan rings is 1. The lowest BCUT2D eigenvalue weighted by molar-refractivity contribution is 0.0701. The van der Waals surface area contributed by atoms with E-state index in [1.54, 1.807) is 43.3 Å². The van der Waals surface area contributed by atoms with Gasteiger partial charge in [0.25, 0.3) is 0 Å². The summed E-state index contributed by atoms with van der Waals surface area (Å²) < 4.78 is 26.9. The molecule has 1 aliphatic rings. The second-order valence-electron chi connectivity index (χ2n) is 6.50. The molecule has 0 unspecified atom stereocenters. The van der Waals surface area contributed by atoms with Gasteiger partial charge in [-0.3, -0.25) is 4.79 Å². The monoisotopic (exact) mass is 406 g/mol. The third-order valence-electron chi connectivity index (χ3n) is 4.60. The molecule has 7 nitrogen and oxygen atoms in total. The number of esters is 1. The number of ether oxygens (including phenoxy) is 4. The number of methoxy groups -OCH3 is 2. The van der Waals surface area contributed by atoms with E-state index >= 15 is 0 Å². The first-order valence-electron chi connectivity index (χ1n) is 9.07. The minimum atomic E-state index is -0.638. The van der Waals surface area contributed by atoms with Crippen LogP contribution < -0.4 is 18.9 Å². The average Bonchev–Trinajstić information content (AvgIpc) is 3.37. The molecular formula is C23H18O7. The number of hydrogen-bond acceptors (Lipinski definition) is 7. The summed E-state index contributed by atoms with van der Waals surface area (Å²) in [5.41, 5.74) is 1.68. The molecule has 0 saturated carbocycles. The molecule has 2 heterocycles. The standard InChI is InChI=1S/C23H18O7/c1-13-10-15(29-23(25)17-8-5-9-28-17)12-18-20(13)21(24)19(30-18)11-14-6-4-7-16(26-2)22(14)27-3/h4-12H,1-3H3/b19-11-. The van der Waals surface area contributed by atoms with Gasteiger partial charge in [-0.25, -0.2) is 4.79 Å². The molecule has 0 amide bonds. The Morgan fingerprint density at radius 3 is 2.60 bits per heavy atom. The molecular weight excluding hydrogens is 388 g/mol. The van der Waals surface area contributed by atoms with Crippen LogP contribution in [-0.4, -0.2) is 26.0 Å². The highest BCUT2D eigenvalue weighted by Crippen LogP contribution is 2.39. The van der Waals surface area contributed by atoms with E-state index in [0.29, 0.717) is 33.9 Å². The molecule has 0 N–H and O–H groups in total. The second kappa shape index (κ2) is 7.79. The van der Waals surface area contributed by atoms with Gasteiger partial charge in [0, 0.05) is 11.6 Å². The fraction of sp³-hybridized carbons (Fsp3) is 0.130. The Balaban J connectivity index is 1.65. The molecule has 2 aromatic carbocycles. The molecule has 4 rings (SSSR count). The van der Waals surface area contributed by atoms with Gasteiger partial charge in [0.2, 0.25) is 11.5 Å². The number of carbonyl (C=O) groups excluding carboxylic acids is 2. The number of rotatable bonds is 5. The average molecular weight is 406 g/mol. The van der Waals surface area contributed by atoms with Crippen molar-refractivity contribution in [1.29, 1.82) is 0 Å². The zero-order chi connectivity index (χ0) is 21.3. The highest BCUT2D eigenvalue weighted by atomic mass is 16.5. The number of para-hydroxylation sites is 1. The van der Waals surface area contributed by atoms with Gasteiger partial charge < -0.3 is 23.4 Å². The van der Waals surface area contributed by atoms with Gasteiger partial charge in [-0.15, -0.1) is 0 Å². The minimum Gasteiger partial charge on any atom is -0.493 e. The third-order valence-corrected chi connectivity index (χ3v) is 4.60. The third kappa shape index (κ3) is 3.41. The van der Waals surface area contributed by atoms with E-state index in [1.807, 2.05) is 0 Å². The van der Waals surface area contributed by atoms with Crippen LogP contribution in [0, 0.1) is 6.92 Å². The first-order chi connectivity index (χ1) is 14.5. The Labute approximate surface area is 172 Å². The number of ketones is 1. The number of benzene rings is 2. The molecule has 0 radical (unpaired) electrons. The summed E-state index contributed by atoms with van der Waals surface area (Å²) in [4.78, 5) is 25.0. The lowest BCUT2D eigenvalue weighted by atomic mass is 10.0. The van der Waals surface area contributed by atoms with Crippen molar-refractivity contribution >= 4 is 17.8 Å². The van der Waals surface area contributed by atoms with Crippen LogP contribution in [0.2, 0.25) is 0 Å². The van der Waals surface area contributed by atoms with Gasteiger partial charge in [-0.2, -0.15) is 0 Å². The van der Waals surface area contributed by atoms with Crippen LogP contribution >= 0.6 is 0 Å². The van der Waals surface area contributed by atoms with Gasteiger partial charge in [-0.05, 0) is 42.8 Å². The van der Waals surface area contributed by atoms with Crippen molar-refractivity contribution in [1.82, 2.24) is 0 Å². The Hall–Kier alpha value is -4.00. The van der Waals surface area contributed by atoms with E-state index in [0.717, 1.165) is 0 Å². The number of aryl methyl sites for hydroxylation is 1. The van der Waals surface area contributed by atoms with E-state index < -0.39 is 5.97 Å². The maximum Gasteiger partial charge on any atom is 0.379 e. The smallest absolute Gasteiger partial charge is 0.379 e. The molecule has 0 fully saturated rings. The SMILES string of the molecule is COc1cccc(/C=C2\Oc3cc(OC(=O)c4ccco4)cc(C)c3C2=O)c1OC. The number of fused-ring (bicyclic) bond motifs is 1. The molecule has 3 aromatic rings. The van der Waals surface area contributed by atoms with Crippen molar-refractivity contribution in [3.8, 4) is 23.0 Å². The maximum atomic E-state index is 12.9. The topological polar surface area (TPSA) is 84.2 Å². The van der Waals surface area contributed by atoms with Crippen LogP contribution in [0.3, 0.4) is 0 Å². The fourth-order valence-corrected chi connectivity index (χ4v) is 3.26. The van der Waals surface area contributed by atoms with Crippen LogP contribution in [-0.2, 0) is 0 Å². The molecule has 152 valence electrons. The number of allylic oxidation sites excluding steroid dienone is 1. The first-order valence-corrected chi connectivity index (χ1v) is 9.07. The van der Waals surface area contributed by atoms with Crippen molar-refractivity contribution < 1.29 is 33.0 Å². The summed E-state index contributed by atoms with van der Waals surface area (Å²) >= 11 is 0. The number of hydrogen-bond donors (Lipinski definition) is 0. The maximum absolute atomic E-state index is 12.9. The van der Waals surface area contributed by atoms with Crippen LogP contribution in [0.4, 0.5) is 0 Å². The normalized spacial score (nSPS) is 13.7. The Morgan fingerprint density at radius 1 is 1.07 bits per heavy atom. The largest absolute Gasteiger partial charge is 0.493 e. The quantitative estimate of drug-likeness (QED) is 0.352. The van der Waals surface area contributed by atoms with E-state index in [4.69, 9.17) is 23.4 Å². The number of Topliss-reactive ketones (excluding diaryl/α,β-unsaturated/α-hetero) is 1. The summed E-state index contributed by atoms with van der Waals surface area (Å²) in [6.45, 7) is 1.75. The molecule has 0 aliphatic carbocycles. The predicted octanol–water partition coefficient (Wildman–Crippen LogP) is 4.44. The van der Waals surface area contributed by atoms with Crippen LogP contribution in [0.15, 0.2) is 58.9 Å². The van der Waals surface area contributed by atoms with Gasteiger partial charge in [-0.1, -0.05) is 12.1 Å². The molecule has 0 bridgehead atoms. The van der Waals surface area contributed by atoms with Crippen molar-refractivity contribution in [2.75, 3.05) is 14.2 Å². The predicted molar refractivity (Wildman–Crippen MR) is 107 cm³/mol. The van der Waals surface area contributed by atoms with Crippen LogP contribution in [0.25, 0.3) is 6.08 Å². The van der Waals surface area contributed by atoms with Crippen molar-refractivity contribution in [2.24, 2.45) is 0 Å². The number of carbonyl (C=O) groups is 2. The van der Waals surface area contributed by atoms with Gasteiger partial charge in [0.1, 0.15) is 11.5 Å². The van der Waals surface area contributed by atoms with Crippen molar-refractivity contribution in [2.45, 2.75) is 6.92 Å². The van der Waals surface area contributed by atoms with Gasteiger partial charge in [0.15, 0.2) is 17.3 Å². The summed E-state index contributed by atoms with van der Waals surface area (Å²) in [6, 6.07) is 11.5. The fourth-order valence-electron chi connectivity index (χ4n) is 3.26. The zero-order valence-electron chi connectivity index (χ0n) is 16.6. The molecule has 30 heavy (non-hydrogen) atoms. The Kier molecular flexibility index (Phi) is 5.02. The summed E-state index contributed by atoms with van der Waals surface area (Å²) in [6.07, 6.45) is 2.98. The molecule has 7 heteroatoms. The molecule has 0 spiro atoms. The Morgan fingerprint density at radius 2 is 1.90 bits per heavy atom. The molecule has 1 aliphatic heterocycles. The van der Waals surface area contributed by atoms with Crippen LogP contribution in [0.1, 0.15) is 32.0 Å². The van der Waals surface area contributed by atoms with Gasteiger partial charge in [0.05, 0.1) is 26.0 Å². The second-order valence-corrected chi connectivity index (χ2v) is 6.50. The van der Waals surface area contributed by atoms with Crippen molar-refractivity contribution in [3.05, 3.63) is 76.9 Å². The van der Waals surface area contributed by atoms with Crippen LogP contribution in [0.5, 0.6) is 23.0 Å². The molecule has 1 aromatic heterocycles. The first kappa shape index (κ1) is 19.3. The zero-order valence-corrected chi connectivity index (χ0v) is 16.6. The lowest BCUT2D eigenvalue weighted by Crippen LogP contribution is -2.07. The minimum absolute atomic E-state index is 0.0795. The summed E-state index contributed by atoms with van der Waals surface area (Å²) in [5.74, 6) is 0.903. The van der Waals surface area contributed by atoms with E-state index in [2.05, 4.69) is 0 Å². The lowest BCUT2D eigenvalue weighted by Gasteiger charge is -2.10. The van der Waals surface area contributed by atoms with E-state index in [1.165, 1.54) is 32.6 Å². The highest BCUT2D eigenvalue weighted by molar-refractivity contribution is 6.15.